The average Bonchev–Trinajstić information content (AvgIpc) is 2.17. The second-order valence-electron chi connectivity index (χ2n) is 2.50. The Bertz CT molecular complexity index is 325. The van der Waals surface area contributed by atoms with Gasteiger partial charge in [0.05, 0.1) is 18.4 Å². The molecule has 0 atom stereocenters. The molecule has 4 heteroatoms. The van der Waals surface area contributed by atoms with Crippen molar-refractivity contribution in [2.24, 2.45) is 0 Å². The largest absolute Gasteiger partial charge is 0.465 e. The van der Waals surface area contributed by atoms with Crippen LogP contribution in [0.15, 0.2) is 18.2 Å². The van der Waals surface area contributed by atoms with Crippen LogP contribution in [0.25, 0.3) is 0 Å². The van der Waals surface area contributed by atoms with Gasteiger partial charge in [-0.1, -0.05) is 12.1 Å². The van der Waals surface area contributed by atoms with Crippen molar-refractivity contribution in [3.05, 3.63) is 29.3 Å². The van der Waals surface area contributed by atoms with E-state index in [4.69, 9.17) is 17.3 Å². The summed E-state index contributed by atoms with van der Waals surface area (Å²) in [6.07, 6.45) is 0. The van der Waals surface area contributed by atoms with Gasteiger partial charge in [-0.3, -0.25) is 0 Å². The molecular weight excluding hydrogens is 190 g/mol. The molecule has 3 nitrogen and oxygen atoms in total. The minimum atomic E-state index is -0.440. The van der Waals surface area contributed by atoms with Gasteiger partial charge >= 0.3 is 5.97 Å². The van der Waals surface area contributed by atoms with Crippen LogP contribution in [0.4, 0.5) is 5.69 Å². The predicted molar refractivity (Wildman–Crippen MR) is 51.8 cm³/mol. The van der Waals surface area contributed by atoms with Gasteiger partial charge in [-0.05, 0) is 11.6 Å². The number of esters is 1. The molecule has 70 valence electrons. The third-order valence-electron chi connectivity index (χ3n) is 1.75. The summed E-state index contributed by atoms with van der Waals surface area (Å²) in [7, 11) is 1.31. The van der Waals surface area contributed by atoms with Crippen molar-refractivity contribution in [1.29, 1.82) is 0 Å². The maximum absolute atomic E-state index is 11.2. The number of rotatable bonds is 2. The van der Waals surface area contributed by atoms with Crippen molar-refractivity contribution in [2.45, 2.75) is 5.88 Å². The molecule has 0 aliphatic carbocycles. The summed E-state index contributed by atoms with van der Waals surface area (Å²) in [5.41, 5.74) is 7.18. The molecule has 2 N–H and O–H groups in total. The number of methoxy groups -OCH3 is 1. The van der Waals surface area contributed by atoms with Gasteiger partial charge in [-0.2, -0.15) is 0 Å². The number of para-hydroxylation sites is 1. The zero-order chi connectivity index (χ0) is 9.84. The van der Waals surface area contributed by atoms with E-state index in [0.29, 0.717) is 11.3 Å². The van der Waals surface area contributed by atoms with Gasteiger partial charge in [-0.15, -0.1) is 11.6 Å². The molecule has 0 aliphatic heterocycles. The Balaban J connectivity index is 3.15. The molecule has 0 aromatic heterocycles. The van der Waals surface area contributed by atoms with Crippen LogP contribution in [0.2, 0.25) is 0 Å². The molecule has 1 rings (SSSR count). The lowest BCUT2D eigenvalue weighted by molar-refractivity contribution is 0.0602. The molecule has 1 aromatic rings. The van der Waals surface area contributed by atoms with Crippen molar-refractivity contribution in [3.63, 3.8) is 0 Å². The first-order valence-corrected chi connectivity index (χ1v) is 4.25. The van der Waals surface area contributed by atoms with Gasteiger partial charge in [-0.25, -0.2) is 4.79 Å². The Morgan fingerprint density at radius 2 is 2.31 bits per heavy atom. The van der Waals surface area contributed by atoms with E-state index in [1.165, 1.54) is 7.11 Å². The lowest BCUT2D eigenvalue weighted by atomic mass is 10.1. The topological polar surface area (TPSA) is 52.3 Å². The predicted octanol–water partition coefficient (Wildman–Crippen LogP) is 1.79. The number of hydrogen-bond acceptors (Lipinski definition) is 3. The molecule has 0 fully saturated rings. The number of ether oxygens (including phenoxy) is 1. The van der Waals surface area contributed by atoms with Crippen LogP contribution in [-0.4, -0.2) is 13.1 Å². The fraction of sp³-hybridized carbons (Fsp3) is 0.222. The molecular formula is C9H10ClNO2. The molecule has 0 amide bonds. The van der Waals surface area contributed by atoms with Crippen LogP contribution < -0.4 is 5.73 Å². The Kier molecular flexibility index (Phi) is 3.14. The zero-order valence-electron chi connectivity index (χ0n) is 7.21. The number of hydrogen-bond donors (Lipinski definition) is 1. The van der Waals surface area contributed by atoms with E-state index in [1.807, 2.05) is 0 Å². The van der Waals surface area contributed by atoms with Crippen molar-refractivity contribution >= 4 is 23.3 Å². The first-order chi connectivity index (χ1) is 6.20. The molecule has 0 saturated heterocycles. The summed E-state index contributed by atoms with van der Waals surface area (Å²) in [6.45, 7) is 0. The molecule has 0 spiro atoms. The van der Waals surface area contributed by atoms with Gasteiger partial charge in [0.15, 0.2) is 0 Å². The summed E-state index contributed by atoms with van der Waals surface area (Å²) < 4.78 is 4.55. The third kappa shape index (κ3) is 1.92. The number of nitrogen functional groups attached to an aromatic ring is 1. The maximum atomic E-state index is 11.2. The van der Waals surface area contributed by atoms with Crippen LogP contribution in [0.3, 0.4) is 0 Å². The molecule has 1 aromatic carbocycles. The number of nitrogens with two attached hydrogens (primary N) is 1. The molecule has 0 bridgehead atoms. The molecule has 0 unspecified atom stereocenters. The zero-order valence-corrected chi connectivity index (χ0v) is 7.97. The van der Waals surface area contributed by atoms with Gasteiger partial charge in [0.2, 0.25) is 0 Å². The van der Waals surface area contributed by atoms with Gasteiger partial charge < -0.3 is 10.5 Å². The first kappa shape index (κ1) is 9.86. The Morgan fingerprint density at radius 1 is 1.62 bits per heavy atom. The van der Waals surface area contributed by atoms with E-state index >= 15 is 0 Å². The minimum Gasteiger partial charge on any atom is -0.465 e. The maximum Gasteiger partial charge on any atom is 0.339 e. The van der Waals surface area contributed by atoms with Crippen molar-refractivity contribution in [3.8, 4) is 0 Å². The standard InChI is InChI=1S/C9H10ClNO2/c1-13-9(12)7-4-2-3-6(5-10)8(7)11/h2-4H,5,11H2,1H3. The summed E-state index contributed by atoms with van der Waals surface area (Å²) in [5.74, 6) is -0.152. The second-order valence-corrected chi connectivity index (χ2v) is 2.77. The highest BCUT2D eigenvalue weighted by Gasteiger charge is 2.11. The average molecular weight is 200 g/mol. The van der Waals surface area contributed by atoms with Gasteiger partial charge in [0.25, 0.3) is 0 Å². The summed E-state index contributed by atoms with van der Waals surface area (Å²) >= 11 is 5.62. The monoisotopic (exact) mass is 199 g/mol. The van der Waals surface area contributed by atoms with Crippen LogP contribution in [0, 0.1) is 0 Å². The number of benzene rings is 1. The third-order valence-corrected chi connectivity index (χ3v) is 2.03. The smallest absolute Gasteiger partial charge is 0.339 e. The normalized spacial score (nSPS) is 9.69. The highest BCUT2D eigenvalue weighted by Crippen LogP contribution is 2.19. The van der Waals surface area contributed by atoms with E-state index in [2.05, 4.69) is 4.74 Å². The van der Waals surface area contributed by atoms with E-state index in [0.717, 1.165) is 5.56 Å². The van der Waals surface area contributed by atoms with E-state index in [9.17, 15) is 4.79 Å². The SMILES string of the molecule is COC(=O)c1cccc(CCl)c1N. The van der Waals surface area contributed by atoms with Crippen molar-refractivity contribution in [2.75, 3.05) is 12.8 Å². The van der Waals surface area contributed by atoms with E-state index < -0.39 is 5.97 Å². The van der Waals surface area contributed by atoms with Crippen molar-refractivity contribution in [1.82, 2.24) is 0 Å². The van der Waals surface area contributed by atoms with Crippen LogP contribution in [0.5, 0.6) is 0 Å². The Hall–Kier alpha value is -1.22. The second kappa shape index (κ2) is 4.14. The molecule has 0 heterocycles. The number of carbonyl (C=O) groups excluding carboxylic acids is 1. The molecule has 0 aliphatic rings. The minimum absolute atomic E-state index is 0.288. The van der Waals surface area contributed by atoms with Gasteiger partial charge in [0.1, 0.15) is 0 Å². The lowest BCUT2D eigenvalue weighted by Crippen LogP contribution is -2.07. The highest BCUT2D eigenvalue weighted by molar-refractivity contribution is 6.17. The number of alkyl halides is 1. The Labute approximate surface area is 81.4 Å². The lowest BCUT2D eigenvalue weighted by Gasteiger charge is -2.06. The van der Waals surface area contributed by atoms with E-state index in [-0.39, 0.29) is 5.88 Å². The van der Waals surface area contributed by atoms with Crippen LogP contribution in [0.1, 0.15) is 15.9 Å². The van der Waals surface area contributed by atoms with Gasteiger partial charge in [0, 0.05) is 5.88 Å². The fourth-order valence-corrected chi connectivity index (χ4v) is 1.25. The van der Waals surface area contributed by atoms with Crippen LogP contribution >= 0.6 is 11.6 Å². The summed E-state index contributed by atoms with van der Waals surface area (Å²) in [4.78, 5) is 11.2. The first-order valence-electron chi connectivity index (χ1n) is 3.72. The molecule has 0 radical (unpaired) electrons. The number of anilines is 1. The Morgan fingerprint density at radius 3 is 2.85 bits per heavy atom. The quantitative estimate of drug-likeness (QED) is 0.449. The fourth-order valence-electron chi connectivity index (χ4n) is 1.02. The summed E-state index contributed by atoms with van der Waals surface area (Å²) in [5, 5.41) is 0. The molecule has 13 heavy (non-hydrogen) atoms. The number of carbonyl (C=O) groups is 1. The van der Waals surface area contributed by atoms with Crippen molar-refractivity contribution < 1.29 is 9.53 Å². The van der Waals surface area contributed by atoms with Crippen LogP contribution in [-0.2, 0) is 10.6 Å². The summed E-state index contributed by atoms with van der Waals surface area (Å²) in [6, 6.07) is 5.10. The van der Waals surface area contributed by atoms with E-state index in [1.54, 1.807) is 18.2 Å². The molecule has 0 saturated carbocycles. The number of halogens is 1. The highest BCUT2D eigenvalue weighted by atomic mass is 35.5.